The Kier molecular flexibility index (Phi) is 5.41. The third-order valence-electron chi connectivity index (χ3n) is 3.89. The summed E-state index contributed by atoms with van der Waals surface area (Å²) in [4.78, 5) is 0. The van der Waals surface area contributed by atoms with Gasteiger partial charge in [0.05, 0.1) is 0 Å². The first-order valence-corrected chi connectivity index (χ1v) is 9.70. The number of halogens is 3. The number of hydrogen-bond acceptors (Lipinski definition) is 3. The van der Waals surface area contributed by atoms with Gasteiger partial charge in [-0.1, -0.05) is 66.0 Å². The Balaban J connectivity index is 2.27. The lowest BCUT2D eigenvalue weighted by Gasteiger charge is -2.23. The van der Waals surface area contributed by atoms with Crippen LogP contribution in [0.1, 0.15) is 22.6 Å². The summed E-state index contributed by atoms with van der Waals surface area (Å²) >= 11 is 10.6. The molecule has 0 heterocycles. The Labute approximate surface area is 170 Å². The summed E-state index contributed by atoms with van der Waals surface area (Å²) in [6.45, 7) is 0. The molecule has 0 aliphatic rings. The molecule has 0 aliphatic heterocycles. The van der Waals surface area contributed by atoms with E-state index in [4.69, 9.17) is 0 Å². The molecule has 0 unspecified atom stereocenters. The number of hydrogen-bond donors (Lipinski definition) is 3. The fourth-order valence-electron chi connectivity index (χ4n) is 2.75. The van der Waals surface area contributed by atoms with E-state index in [1.165, 1.54) is 0 Å². The highest BCUT2D eigenvalue weighted by Gasteiger charge is 2.24. The molecule has 0 aliphatic carbocycles. The highest BCUT2D eigenvalue weighted by Crippen LogP contribution is 2.43. The molecule has 0 fully saturated rings. The average Bonchev–Trinajstić information content (AvgIpc) is 2.52. The second-order valence-corrected chi connectivity index (χ2v) is 8.11. The van der Waals surface area contributed by atoms with E-state index < -0.39 is 0 Å². The van der Waals surface area contributed by atoms with Crippen molar-refractivity contribution < 1.29 is 15.3 Å². The van der Waals surface area contributed by atoms with Crippen molar-refractivity contribution in [3.63, 3.8) is 0 Å². The molecule has 128 valence electrons. The highest BCUT2D eigenvalue weighted by atomic mass is 79.9. The third kappa shape index (κ3) is 3.86. The molecule has 0 saturated carbocycles. The van der Waals surface area contributed by atoms with Gasteiger partial charge in [-0.2, -0.15) is 0 Å². The number of benzene rings is 3. The zero-order chi connectivity index (χ0) is 18.1. The van der Waals surface area contributed by atoms with Crippen molar-refractivity contribution in [3.05, 3.63) is 84.7 Å². The second kappa shape index (κ2) is 7.40. The zero-order valence-electron chi connectivity index (χ0n) is 12.7. The van der Waals surface area contributed by atoms with E-state index in [1.807, 2.05) is 18.2 Å². The van der Waals surface area contributed by atoms with Crippen LogP contribution in [0.5, 0.6) is 17.2 Å². The van der Waals surface area contributed by atoms with Gasteiger partial charge in [0.25, 0.3) is 0 Å². The predicted octanol–water partition coefficient (Wildman–Crippen LogP) is 6.27. The van der Waals surface area contributed by atoms with Crippen molar-refractivity contribution in [1.29, 1.82) is 0 Å². The summed E-state index contributed by atoms with van der Waals surface area (Å²) in [6.07, 6.45) is 0. The molecule has 0 aromatic heterocycles. The van der Waals surface area contributed by atoms with Crippen LogP contribution >= 0.6 is 47.8 Å². The minimum absolute atomic E-state index is 0.170. The van der Waals surface area contributed by atoms with Crippen LogP contribution in [0.3, 0.4) is 0 Å². The summed E-state index contributed by atoms with van der Waals surface area (Å²) < 4.78 is 2.28. The highest BCUT2D eigenvalue weighted by molar-refractivity contribution is 9.11. The van der Waals surface area contributed by atoms with E-state index >= 15 is 0 Å². The van der Waals surface area contributed by atoms with E-state index in [0.717, 1.165) is 30.1 Å². The molecule has 0 amide bonds. The van der Waals surface area contributed by atoms with Crippen molar-refractivity contribution >= 4 is 47.8 Å². The molecule has 0 bridgehead atoms. The maximum absolute atomic E-state index is 9.73. The molecule has 3 aromatic carbocycles. The van der Waals surface area contributed by atoms with Gasteiger partial charge in [0.1, 0.15) is 17.2 Å². The van der Waals surface area contributed by atoms with E-state index in [1.54, 1.807) is 36.4 Å². The molecule has 0 spiro atoms. The van der Waals surface area contributed by atoms with Crippen LogP contribution in [0.2, 0.25) is 0 Å². The first-order chi connectivity index (χ1) is 11.9. The fourth-order valence-corrected chi connectivity index (χ4v) is 4.54. The lowest BCUT2D eigenvalue weighted by molar-refractivity contribution is 0.474. The largest absolute Gasteiger partial charge is 0.508 e. The molecular weight excluding hydrogens is 516 g/mol. The molecule has 6 heteroatoms. The number of aromatic hydroxyl groups is 3. The van der Waals surface area contributed by atoms with Crippen molar-refractivity contribution in [2.45, 2.75) is 5.92 Å². The molecule has 0 saturated heterocycles. The van der Waals surface area contributed by atoms with Crippen LogP contribution in [0.15, 0.2) is 68.0 Å². The lowest BCUT2D eigenvalue weighted by Crippen LogP contribution is -2.06. The first-order valence-electron chi connectivity index (χ1n) is 7.32. The molecule has 3 nitrogen and oxygen atoms in total. The summed E-state index contributed by atoms with van der Waals surface area (Å²) in [6, 6.07) is 15.4. The van der Waals surface area contributed by atoms with Crippen molar-refractivity contribution in [2.24, 2.45) is 0 Å². The second-order valence-electron chi connectivity index (χ2n) is 5.55. The quantitative estimate of drug-likeness (QED) is 0.351. The average molecular weight is 529 g/mol. The third-order valence-corrected chi connectivity index (χ3v) is 5.95. The van der Waals surface area contributed by atoms with Crippen LogP contribution < -0.4 is 0 Å². The minimum Gasteiger partial charge on any atom is -0.508 e. The van der Waals surface area contributed by atoms with Gasteiger partial charge in [0, 0.05) is 19.3 Å². The standard InChI is InChI=1S/C19H13Br3O3/c20-16-7-10(23)1-4-13(16)19(14-5-2-11(24)8-17(14)21)15-6-3-12(25)9-18(15)22/h1-9,19,23-25H. The van der Waals surface area contributed by atoms with Crippen LogP contribution in [-0.4, -0.2) is 15.3 Å². The SMILES string of the molecule is Oc1ccc(C(c2ccc(O)cc2Br)c2ccc(O)cc2Br)c(Br)c1. The zero-order valence-corrected chi connectivity index (χ0v) is 17.5. The van der Waals surface area contributed by atoms with Gasteiger partial charge in [-0.15, -0.1) is 0 Å². The maximum Gasteiger partial charge on any atom is 0.116 e. The summed E-state index contributed by atoms with van der Waals surface area (Å²) in [7, 11) is 0. The van der Waals surface area contributed by atoms with Gasteiger partial charge in [-0.25, -0.2) is 0 Å². The molecule has 3 rings (SSSR count). The predicted molar refractivity (Wildman–Crippen MR) is 108 cm³/mol. The van der Waals surface area contributed by atoms with E-state index in [-0.39, 0.29) is 23.2 Å². The smallest absolute Gasteiger partial charge is 0.116 e. The fraction of sp³-hybridized carbons (Fsp3) is 0.0526. The van der Waals surface area contributed by atoms with Gasteiger partial charge < -0.3 is 15.3 Å². The van der Waals surface area contributed by atoms with Gasteiger partial charge >= 0.3 is 0 Å². The Bertz CT molecular complexity index is 819. The first kappa shape index (κ1) is 18.3. The molecule has 3 aromatic rings. The molecule has 25 heavy (non-hydrogen) atoms. The summed E-state index contributed by atoms with van der Waals surface area (Å²) in [5.41, 5.74) is 2.82. The lowest BCUT2D eigenvalue weighted by atomic mass is 9.85. The molecular formula is C19H13Br3O3. The Morgan fingerprint density at radius 3 is 1.04 bits per heavy atom. The Morgan fingerprint density at radius 1 is 0.520 bits per heavy atom. The van der Waals surface area contributed by atoms with E-state index in [9.17, 15) is 15.3 Å². The van der Waals surface area contributed by atoms with Gasteiger partial charge in [-0.05, 0) is 53.1 Å². The maximum atomic E-state index is 9.73. The minimum atomic E-state index is -0.195. The van der Waals surface area contributed by atoms with E-state index in [2.05, 4.69) is 47.8 Å². The summed E-state index contributed by atoms with van der Waals surface area (Å²) in [5, 5.41) is 29.2. The molecule has 3 N–H and O–H groups in total. The van der Waals surface area contributed by atoms with Crippen molar-refractivity contribution in [2.75, 3.05) is 0 Å². The van der Waals surface area contributed by atoms with Gasteiger partial charge in [0.15, 0.2) is 0 Å². The van der Waals surface area contributed by atoms with Gasteiger partial charge in [-0.3, -0.25) is 0 Å². The number of phenols is 3. The number of phenolic OH excluding ortho intramolecular Hbond substituents is 3. The molecule has 0 atom stereocenters. The van der Waals surface area contributed by atoms with E-state index in [0.29, 0.717) is 0 Å². The van der Waals surface area contributed by atoms with Crippen LogP contribution in [-0.2, 0) is 0 Å². The molecule has 0 radical (unpaired) electrons. The number of rotatable bonds is 3. The van der Waals surface area contributed by atoms with Crippen molar-refractivity contribution in [1.82, 2.24) is 0 Å². The monoisotopic (exact) mass is 526 g/mol. The van der Waals surface area contributed by atoms with Crippen LogP contribution in [0.25, 0.3) is 0 Å². The normalized spacial score (nSPS) is 11.0. The topological polar surface area (TPSA) is 60.7 Å². The Morgan fingerprint density at radius 2 is 0.800 bits per heavy atom. The van der Waals surface area contributed by atoms with Gasteiger partial charge in [0.2, 0.25) is 0 Å². The summed E-state index contributed by atoms with van der Waals surface area (Å²) in [5.74, 6) is 0.316. The van der Waals surface area contributed by atoms with Crippen LogP contribution in [0.4, 0.5) is 0 Å². The Hall–Kier alpha value is -1.50. The van der Waals surface area contributed by atoms with Crippen molar-refractivity contribution in [3.8, 4) is 17.2 Å². The van der Waals surface area contributed by atoms with Crippen LogP contribution in [0, 0.1) is 0 Å².